The average Bonchev–Trinajstić information content (AvgIpc) is 3.38. The summed E-state index contributed by atoms with van der Waals surface area (Å²) in [5.74, 6) is -0.234. The number of hydrogen-bond donors (Lipinski definition) is 2. The summed E-state index contributed by atoms with van der Waals surface area (Å²) < 4.78 is 5.90. The Kier molecular flexibility index (Phi) is 8.75. The van der Waals surface area contributed by atoms with Gasteiger partial charge in [-0.25, -0.2) is 4.98 Å². The van der Waals surface area contributed by atoms with E-state index in [1.165, 1.54) is 0 Å². The summed E-state index contributed by atoms with van der Waals surface area (Å²) in [7, 11) is 0. The lowest BCUT2D eigenvalue weighted by atomic mass is 9.73. The average molecular weight is 492 g/mol. The Bertz CT molecular complexity index is 907. The van der Waals surface area contributed by atoms with Gasteiger partial charge < -0.3 is 14.9 Å². The van der Waals surface area contributed by atoms with E-state index in [4.69, 9.17) is 4.74 Å². The van der Waals surface area contributed by atoms with Crippen LogP contribution in [0.5, 0.6) is 0 Å². The van der Waals surface area contributed by atoms with E-state index in [2.05, 4.69) is 4.98 Å². The second kappa shape index (κ2) is 11.0. The molecule has 0 amide bonds. The molecule has 6 nitrogen and oxygen atoms in total. The first-order valence-corrected chi connectivity index (χ1v) is 13.5. The number of fused-ring (bicyclic) bond motifs is 1. The van der Waals surface area contributed by atoms with Crippen LogP contribution in [0.4, 0.5) is 0 Å². The minimum Gasteiger partial charge on any atom is -0.458 e. The van der Waals surface area contributed by atoms with Gasteiger partial charge in [-0.1, -0.05) is 40.5 Å². The van der Waals surface area contributed by atoms with Crippen LogP contribution in [0.1, 0.15) is 83.8 Å². The quantitative estimate of drug-likeness (QED) is 0.568. The Hall–Kier alpha value is -1.57. The van der Waals surface area contributed by atoms with Crippen LogP contribution in [0, 0.1) is 36.0 Å². The minimum absolute atomic E-state index is 0.00135. The van der Waals surface area contributed by atoms with Gasteiger partial charge in [0.2, 0.25) is 0 Å². The van der Waals surface area contributed by atoms with Gasteiger partial charge in [0.25, 0.3) is 0 Å². The molecule has 7 heteroatoms. The number of esters is 1. The largest absolute Gasteiger partial charge is 0.458 e. The van der Waals surface area contributed by atoms with Crippen LogP contribution >= 0.6 is 11.3 Å². The van der Waals surface area contributed by atoms with Crippen molar-refractivity contribution in [3.05, 3.63) is 21.7 Å². The van der Waals surface area contributed by atoms with Crippen LogP contribution in [0.2, 0.25) is 0 Å². The number of thiazole rings is 1. The van der Waals surface area contributed by atoms with Gasteiger partial charge in [-0.2, -0.15) is 0 Å². The van der Waals surface area contributed by atoms with E-state index >= 15 is 0 Å². The third-order valence-corrected chi connectivity index (χ3v) is 8.74. The molecule has 0 bridgehead atoms. The van der Waals surface area contributed by atoms with E-state index in [-0.39, 0.29) is 24.2 Å². The molecule has 2 heterocycles. The second-order valence-corrected chi connectivity index (χ2v) is 12.2. The highest BCUT2D eigenvalue weighted by Gasteiger charge is 2.43. The molecule has 2 fully saturated rings. The maximum atomic E-state index is 13.2. The fourth-order valence-electron chi connectivity index (χ4n) is 5.22. The molecule has 1 aliphatic carbocycles. The van der Waals surface area contributed by atoms with Crippen molar-refractivity contribution in [2.45, 2.75) is 98.4 Å². The third kappa shape index (κ3) is 6.55. The number of Topliss-reactive ketones (excluding diaryl/α,β-unsaturated/α-hetero) is 1. The Balaban J connectivity index is 1.81. The zero-order chi connectivity index (χ0) is 25.2. The fraction of sp³-hybridized carbons (Fsp3) is 0.741. The summed E-state index contributed by atoms with van der Waals surface area (Å²) in [5.41, 5.74) is 0.639. The number of aliphatic hydroxyl groups excluding tert-OH is 2. The molecule has 3 rings (SSSR count). The van der Waals surface area contributed by atoms with Crippen molar-refractivity contribution in [3.8, 4) is 0 Å². The van der Waals surface area contributed by atoms with Gasteiger partial charge in [0.05, 0.1) is 34.7 Å². The van der Waals surface area contributed by atoms with Crippen molar-refractivity contribution in [1.82, 2.24) is 4.98 Å². The number of ether oxygens (including phenoxy) is 1. The first-order chi connectivity index (χ1) is 15.9. The summed E-state index contributed by atoms with van der Waals surface area (Å²) in [6, 6.07) is 0. The van der Waals surface area contributed by atoms with Gasteiger partial charge in [0.15, 0.2) is 0 Å². The highest BCUT2D eigenvalue weighted by molar-refractivity contribution is 7.09. The number of carbonyl (C=O) groups excluding carboxylic acids is 2. The maximum Gasteiger partial charge on any atom is 0.309 e. The number of cyclic esters (lactones) is 1. The number of hydrogen-bond acceptors (Lipinski definition) is 7. The molecule has 0 radical (unpaired) electrons. The molecule has 0 aromatic carbocycles. The third-order valence-electron chi connectivity index (χ3n) is 7.95. The number of ketones is 1. The fourth-order valence-corrected chi connectivity index (χ4v) is 5.79. The first-order valence-electron chi connectivity index (χ1n) is 12.6. The van der Waals surface area contributed by atoms with E-state index in [1.54, 1.807) is 32.1 Å². The van der Waals surface area contributed by atoms with Crippen LogP contribution in [-0.4, -0.2) is 45.3 Å². The molecule has 2 aliphatic rings. The Morgan fingerprint density at radius 2 is 1.88 bits per heavy atom. The zero-order valence-electron chi connectivity index (χ0n) is 21.4. The Labute approximate surface area is 207 Å². The number of aryl methyl sites for hydroxylation is 1. The summed E-state index contributed by atoms with van der Waals surface area (Å²) >= 11 is 1.58. The molecule has 1 aromatic heterocycles. The number of carbonyl (C=O) groups is 2. The van der Waals surface area contributed by atoms with Gasteiger partial charge in [-0.05, 0) is 62.5 Å². The minimum atomic E-state index is -1.19. The smallest absolute Gasteiger partial charge is 0.309 e. The molecular weight excluding hydrogens is 450 g/mol. The van der Waals surface area contributed by atoms with Gasteiger partial charge in [0, 0.05) is 11.3 Å². The SMILES string of the molecule is C/C(=C\c1csc(C)n1)[C@H]1CC2C[C@@H]2CCC[C@H](C)[C@H](O)[C@@H](C)C(=O)C(C)(C)C(O)CC(=O)O1. The van der Waals surface area contributed by atoms with E-state index in [1.807, 2.05) is 32.2 Å². The monoisotopic (exact) mass is 491 g/mol. The Morgan fingerprint density at radius 1 is 1.18 bits per heavy atom. The second-order valence-electron chi connectivity index (χ2n) is 11.1. The van der Waals surface area contributed by atoms with E-state index in [0.29, 0.717) is 11.8 Å². The summed E-state index contributed by atoms with van der Waals surface area (Å²) in [5, 5.41) is 24.6. The van der Waals surface area contributed by atoms with Crippen LogP contribution < -0.4 is 0 Å². The number of nitrogens with zero attached hydrogens (tertiary/aromatic N) is 1. The predicted molar refractivity (Wildman–Crippen MR) is 134 cm³/mol. The zero-order valence-corrected chi connectivity index (χ0v) is 22.2. The van der Waals surface area contributed by atoms with Crippen LogP contribution in [0.15, 0.2) is 11.0 Å². The lowest BCUT2D eigenvalue weighted by molar-refractivity contribution is -0.154. The molecule has 0 spiro atoms. The van der Waals surface area contributed by atoms with Gasteiger partial charge in [-0.3, -0.25) is 9.59 Å². The molecular formula is C27H41NO5S. The van der Waals surface area contributed by atoms with Gasteiger partial charge in [0.1, 0.15) is 11.9 Å². The first kappa shape index (κ1) is 27.0. The molecule has 7 atom stereocenters. The van der Waals surface area contributed by atoms with Gasteiger partial charge in [-0.15, -0.1) is 11.3 Å². The lowest BCUT2D eigenvalue weighted by Gasteiger charge is -2.34. The molecule has 2 unspecified atom stereocenters. The van der Waals surface area contributed by atoms with Crippen molar-refractivity contribution in [3.63, 3.8) is 0 Å². The normalized spacial score (nSPS) is 36.0. The van der Waals surface area contributed by atoms with Crippen LogP contribution in [-0.2, 0) is 14.3 Å². The summed E-state index contributed by atoms with van der Waals surface area (Å²) in [4.78, 5) is 30.6. The molecule has 34 heavy (non-hydrogen) atoms. The van der Waals surface area contributed by atoms with Crippen molar-refractivity contribution in [1.29, 1.82) is 0 Å². The van der Waals surface area contributed by atoms with E-state index < -0.39 is 29.5 Å². The molecule has 1 saturated heterocycles. The van der Waals surface area contributed by atoms with Crippen LogP contribution in [0.3, 0.4) is 0 Å². The maximum absolute atomic E-state index is 13.2. The Morgan fingerprint density at radius 3 is 2.53 bits per heavy atom. The highest BCUT2D eigenvalue weighted by Crippen LogP contribution is 2.47. The predicted octanol–water partition coefficient (Wildman–Crippen LogP) is 4.96. The van der Waals surface area contributed by atoms with Crippen molar-refractivity contribution in [2.75, 3.05) is 0 Å². The number of rotatable bonds is 2. The summed E-state index contributed by atoms with van der Waals surface area (Å²) in [6.07, 6.45) is 4.23. The molecule has 2 N–H and O–H groups in total. The topological polar surface area (TPSA) is 96.7 Å². The van der Waals surface area contributed by atoms with E-state index in [9.17, 15) is 19.8 Å². The number of aromatic nitrogens is 1. The highest BCUT2D eigenvalue weighted by atomic mass is 32.1. The molecule has 190 valence electrons. The van der Waals surface area contributed by atoms with Crippen molar-refractivity contribution in [2.24, 2.45) is 29.1 Å². The molecule has 1 aromatic rings. The molecule has 1 saturated carbocycles. The van der Waals surface area contributed by atoms with Crippen LogP contribution in [0.25, 0.3) is 6.08 Å². The molecule has 1 aliphatic heterocycles. The van der Waals surface area contributed by atoms with Gasteiger partial charge >= 0.3 is 5.97 Å². The lowest BCUT2D eigenvalue weighted by Crippen LogP contribution is -2.45. The van der Waals surface area contributed by atoms with Crippen molar-refractivity contribution < 1.29 is 24.5 Å². The van der Waals surface area contributed by atoms with E-state index in [0.717, 1.165) is 48.4 Å². The number of aliphatic hydroxyl groups is 2. The standard InChI is InChI=1S/C27H41NO5S/c1-15-8-7-9-19-11-20(19)12-22(16(2)10-21-14-34-18(4)28-21)33-24(30)13-23(29)27(5,6)26(32)17(3)25(15)31/h10,14-15,17,19-20,22-23,25,29,31H,7-9,11-13H2,1-6H3/b16-10+/t15-,17+,19-,20?,22+,23?,25-/m0/s1. The summed E-state index contributed by atoms with van der Waals surface area (Å²) in [6.45, 7) is 10.9. The van der Waals surface area contributed by atoms with Crippen molar-refractivity contribution >= 4 is 29.2 Å².